The van der Waals surface area contributed by atoms with Crippen LogP contribution < -0.4 is 5.32 Å². The molecule has 1 aromatic heterocycles. The van der Waals surface area contributed by atoms with E-state index in [0.717, 1.165) is 17.4 Å². The van der Waals surface area contributed by atoms with Crippen LogP contribution in [-0.4, -0.2) is 22.8 Å². The first-order chi connectivity index (χ1) is 9.36. The lowest BCUT2D eigenvalue weighted by molar-refractivity contribution is 0.581. The Kier molecular flexibility index (Phi) is 9.51. The van der Waals surface area contributed by atoms with E-state index in [1.807, 2.05) is 12.3 Å². The molecule has 0 aromatic carbocycles. The quantitative estimate of drug-likeness (QED) is 0.361. The average molecular weight is 281 g/mol. The predicted molar refractivity (Wildman–Crippen MR) is 84.9 cm³/mol. The molecule has 1 rings (SSSR count). The SMILES string of the molecule is CCCCCCCCCCNc1cc(SC)ncn1. The van der Waals surface area contributed by atoms with E-state index in [9.17, 15) is 0 Å². The van der Waals surface area contributed by atoms with Crippen LogP contribution in [0.2, 0.25) is 0 Å². The molecule has 3 nitrogen and oxygen atoms in total. The van der Waals surface area contributed by atoms with Gasteiger partial charge < -0.3 is 5.32 Å². The molecule has 0 aliphatic rings. The van der Waals surface area contributed by atoms with Crippen LogP contribution in [0.5, 0.6) is 0 Å². The molecule has 0 spiro atoms. The second-order valence-electron chi connectivity index (χ2n) is 4.85. The van der Waals surface area contributed by atoms with Crippen molar-refractivity contribution in [2.24, 2.45) is 0 Å². The molecule has 0 aliphatic carbocycles. The highest BCUT2D eigenvalue weighted by Gasteiger charge is 1.97. The summed E-state index contributed by atoms with van der Waals surface area (Å²) in [6, 6.07) is 2.01. The van der Waals surface area contributed by atoms with Crippen molar-refractivity contribution in [3.8, 4) is 0 Å². The number of nitrogens with one attached hydrogen (secondary N) is 1. The van der Waals surface area contributed by atoms with Gasteiger partial charge in [0.25, 0.3) is 0 Å². The van der Waals surface area contributed by atoms with Gasteiger partial charge in [-0.1, -0.05) is 51.9 Å². The monoisotopic (exact) mass is 281 g/mol. The van der Waals surface area contributed by atoms with Gasteiger partial charge in [0.05, 0.1) is 0 Å². The Bertz CT molecular complexity index is 331. The fourth-order valence-electron chi connectivity index (χ4n) is 2.02. The minimum absolute atomic E-state index is 0.947. The lowest BCUT2D eigenvalue weighted by atomic mass is 10.1. The van der Waals surface area contributed by atoms with Crippen LogP contribution in [0, 0.1) is 0 Å². The average Bonchev–Trinajstić information content (AvgIpc) is 2.46. The van der Waals surface area contributed by atoms with Gasteiger partial charge in [0.2, 0.25) is 0 Å². The van der Waals surface area contributed by atoms with Crippen molar-refractivity contribution in [1.82, 2.24) is 9.97 Å². The number of unbranched alkanes of at least 4 members (excludes halogenated alkanes) is 7. The van der Waals surface area contributed by atoms with E-state index < -0.39 is 0 Å². The molecule has 0 atom stereocenters. The number of anilines is 1. The van der Waals surface area contributed by atoms with E-state index in [1.54, 1.807) is 18.1 Å². The number of hydrogen-bond donors (Lipinski definition) is 1. The first-order valence-electron chi connectivity index (χ1n) is 7.46. The van der Waals surface area contributed by atoms with Crippen LogP contribution in [0.4, 0.5) is 5.82 Å². The van der Waals surface area contributed by atoms with E-state index in [0.29, 0.717) is 0 Å². The third-order valence-corrected chi connectivity index (χ3v) is 3.83. The maximum atomic E-state index is 4.22. The second kappa shape index (κ2) is 11.1. The maximum Gasteiger partial charge on any atom is 0.130 e. The molecule has 0 amide bonds. The zero-order chi connectivity index (χ0) is 13.8. The zero-order valence-corrected chi connectivity index (χ0v) is 13.1. The molecule has 0 radical (unpaired) electrons. The zero-order valence-electron chi connectivity index (χ0n) is 12.3. The second-order valence-corrected chi connectivity index (χ2v) is 5.67. The number of aromatic nitrogens is 2. The van der Waals surface area contributed by atoms with Gasteiger partial charge in [-0.25, -0.2) is 9.97 Å². The van der Waals surface area contributed by atoms with Gasteiger partial charge >= 0.3 is 0 Å². The molecule has 0 bridgehead atoms. The molecule has 0 saturated carbocycles. The number of thioether (sulfide) groups is 1. The summed E-state index contributed by atoms with van der Waals surface area (Å²) >= 11 is 1.65. The van der Waals surface area contributed by atoms with Crippen LogP contribution in [-0.2, 0) is 0 Å². The summed E-state index contributed by atoms with van der Waals surface area (Å²) in [5.41, 5.74) is 0. The predicted octanol–water partition coefficient (Wildman–Crippen LogP) is 4.75. The Morgan fingerprint density at radius 2 is 1.68 bits per heavy atom. The first kappa shape index (κ1) is 16.3. The van der Waals surface area contributed by atoms with Crippen LogP contribution in [0.15, 0.2) is 17.4 Å². The molecule has 0 aliphatic heterocycles. The Labute approximate surface area is 122 Å². The summed E-state index contributed by atoms with van der Waals surface area (Å²) in [6.45, 7) is 3.28. The largest absolute Gasteiger partial charge is 0.370 e. The summed E-state index contributed by atoms with van der Waals surface area (Å²) in [5, 5.41) is 4.39. The third kappa shape index (κ3) is 8.09. The normalized spacial score (nSPS) is 10.6. The van der Waals surface area contributed by atoms with Gasteiger partial charge in [-0.15, -0.1) is 11.8 Å². The summed E-state index contributed by atoms with van der Waals surface area (Å²) in [7, 11) is 0. The lowest BCUT2D eigenvalue weighted by Crippen LogP contribution is -2.03. The topological polar surface area (TPSA) is 37.8 Å². The van der Waals surface area contributed by atoms with Crippen LogP contribution in [0.1, 0.15) is 58.3 Å². The van der Waals surface area contributed by atoms with Gasteiger partial charge in [0.1, 0.15) is 17.2 Å². The third-order valence-electron chi connectivity index (χ3n) is 3.19. The summed E-state index contributed by atoms with van der Waals surface area (Å²) in [4.78, 5) is 8.38. The molecule has 0 fully saturated rings. The molecule has 19 heavy (non-hydrogen) atoms. The van der Waals surface area contributed by atoms with Crippen LogP contribution in [0.25, 0.3) is 0 Å². The van der Waals surface area contributed by atoms with E-state index >= 15 is 0 Å². The number of rotatable bonds is 11. The molecule has 1 heterocycles. The standard InChI is InChI=1S/C15H27N3S/c1-3-4-5-6-7-8-9-10-11-16-14-12-15(19-2)18-13-17-14/h12-13H,3-11H2,1-2H3,(H,16,17,18). The highest BCUT2D eigenvalue weighted by atomic mass is 32.2. The Balaban J connectivity index is 1.98. The van der Waals surface area contributed by atoms with Crippen LogP contribution in [0.3, 0.4) is 0 Å². The van der Waals surface area contributed by atoms with Gasteiger partial charge in [0, 0.05) is 12.6 Å². The van der Waals surface area contributed by atoms with Crippen molar-refractivity contribution in [2.75, 3.05) is 18.1 Å². The van der Waals surface area contributed by atoms with Gasteiger partial charge in [-0.3, -0.25) is 0 Å². The molecule has 0 saturated heterocycles. The number of nitrogens with zero attached hydrogens (tertiary/aromatic N) is 2. The fourth-order valence-corrected chi connectivity index (χ4v) is 2.41. The van der Waals surface area contributed by atoms with E-state index in [4.69, 9.17) is 0 Å². The van der Waals surface area contributed by atoms with Gasteiger partial charge in [-0.2, -0.15) is 0 Å². The molecular formula is C15H27N3S. The highest BCUT2D eigenvalue weighted by molar-refractivity contribution is 7.98. The Hall–Kier alpha value is -0.770. The van der Waals surface area contributed by atoms with Crippen molar-refractivity contribution in [2.45, 2.75) is 63.3 Å². The van der Waals surface area contributed by atoms with E-state index in [1.165, 1.54) is 51.4 Å². The summed E-state index contributed by atoms with van der Waals surface area (Å²) in [5.74, 6) is 0.947. The van der Waals surface area contributed by atoms with E-state index in [-0.39, 0.29) is 0 Å². The van der Waals surface area contributed by atoms with E-state index in [2.05, 4.69) is 22.2 Å². The fraction of sp³-hybridized carbons (Fsp3) is 0.733. The van der Waals surface area contributed by atoms with Crippen molar-refractivity contribution >= 4 is 17.6 Å². The summed E-state index contributed by atoms with van der Waals surface area (Å²) < 4.78 is 0. The Morgan fingerprint density at radius 3 is 2.37 bits per heavy atom. The van der Waals surface area contributed by atoms with Gasteiger partial charge in [-0.05, 0) is 12.7 Å². The molecule has 4 heteroatoms. The van der Waals surface area contributed by atoms with Crippen molar-refractivity contribution in [1.29, 1.82) is 0 Å². The van der Waals surface area contributed by atoms with Crippen molar-refractivity contribution in [3.05, 3.63) is 12.4 Å². The van der Waals surface area contributed by atoms with Crippen LogP contribution >= 0.6 is 11.8 Å². The molecule has 1 N–H and O–H groups in total. The maximum absolute atomic E-state index is 4.22. The molecular weight excluding hydrogens is 254 g/mol. The Morgan fingerprint density at radius 1 is 1.00 bits per heavy atom. The minimum atomic E-state index is 0.947. The summed E-state index contributed by atoms with van der Waals surface area (Å²) in [6.07, 6.45) is 14.5. The first-order valence-corrected chi connectivity index (χ1v) is 8.69. The smallest absolute Gasteiger partial charge is 0.130 e. The molecule has 108 valence electrons. The van der Waals surface area contributed by atoms with Crippen molar-refractivity contribution < 1.29 is 0 Å². The van der Waals surface area contributed by atoms with Crippen molar-refractivity contribution in [3.63, 3.8) is 0 Å². The molecule has 1 aromatic rings. The number of hydrogen-bond acceptors (Lipinski definition) is 4. The minimum Gasteiger partial charge on any atom is -0.370 e. The van der Waals surface area contributed by atoms with Gasteiger partial charge in [0.15, 0.2) is 0 Å². The molecule has 0 unspecified atom stereocenters. The highest BCUT2D eigenvalue weighted by Crippen LogP contribution is 2.14. The lowest BCUT2D eigenvalue weighted by Gasteiger charge is -2.06.